The molecule has 1 saturated carbocycles. The van der Waals surface area contributed by atoms with Crippen LogP contribution in [0.1, 0.15) is 50.2 Å². The topological polar surface area (TPSA) is 86.8 Å². The summed E-state index contributed by atoms with van der Waals surface area (Å²) in [5, 5.41) is 4.24. The Labute approximate surface area is 234 Å². The Kier molecular flexibility index (Phi) is 10.1. The number of amides is 2. The zero-order valence-electron chi connectivity index (χ0n) is 21.1. The molecular formula is C26H32Cl3N3O4S. The number of nitrogens with zero attached hydrogens (tertiary/aromatic N) is 2. The van der Waals surface area contributed by atoms with E-state index in [1.54, 1.807) is 43.3 Å². The SMILES string of the molecule is CCC(C(=O)NC1CCCC1)N(Cc1ccc(Cl)cc1Cl)C(=O)CN(c1cccc(Cl)c1C)S(C)(=O)=O. The summed E-state index contributed by atoms with van der Waals surface area (Å²) in [5.41, 5.74) is 1.42. The minimum atomic E-state index is -3.86. The Morgan fingerprint density at radius 1 is 1.08 bits per heavy atom. The normalized spacial score (nSPS) is 14.9. The predicted molar refractivity (Wildman–Crippen MR) is 150 cm³/mol. The number of hydrogen-bond donors (Lipinski definition) is 1. The van der Waals surface area contributed by atoms with Gasteiger partial charge in [-0.2, -0.15) is 0 Å². The number of anilines is 1. The van der Waals surface area contributed by atoms with E-state index in [4.69, 9.17) is 34.8 Å². The lowest BCUT2D eigenvalue weighted by atomic mass is 10.1. The van der Waals surface area contributed by atoms with Gasteiger partial charge in [-0.05, 0) is 61.6 Å². The predicted octanol–water partition coefficient (Wildman–Crippen LogP) is 5.59. The first-order valence-corrected chi connectivity index (χ1v) is 15.2. The molecule has 0 heterocycles. The van der Waals surface area contributed by atoms with Crippen LogP contribution in [0.4, 0.5) is 5.69 Å². The molecule has 202 valence electrons. The third-order valence-corrected chi connectivity index (χ3v) is 8.75. The van der Waals surface area contributed by atoms with Gasteiger partial charge in [0.2, 0.25) is 21.8 Å². The lowest BCUT2D eigenvalue weighted by molar-refractivity contribution is -0.140. The van der Waals surface area contributed by atoms with Crippen molar-refractivity contribution in [3.05, 3.63) is 62.6 Å². The van der Waals surface area contributed by atoms with Gasteiger partial charge in [0.05, 0.1) is 11.9 Å². The van der Waals surface area contributed by atoms with Gasteiger partial charge in [0.25, 0.3) is 0 Å². The number of hydrogen-bond acceptors (Lipinski definition) is 4. The van der Waals surface area contributed by atoms with Gasteiger partial charge in [-0.3, -0.25) is 13.9 Å². The molecule has 2 amide bonds. The summed E-state index contributed by atoms with van der Waals surface area (Å²) in [6, 6.07) is 9.05. The van der Waals surface area contributed by atoms with E-state index in [0.29, 0.717) is 38.3 Å². The third kappa shape index (κ3) is 7.53. The van der Waals surface area contributed by atoms with Gasteiger partial charge < -0.3 is 10.2 Å². The van der Waals surface area contributed by atoms with Crippen LogP contribution in [0.3, 0.4) is 0 Å². The summed E-state index contributed by atoms with van der Waals surface area (Å²) in [5.74, 6) is -0.804. The van der Waals surface area contributed by atoms with Crippen molar-refractivity contribution in [2.24, 2.45) is 0 Å². The second kappa shape index (κ2) is 12.7. The van der Waals surface area contributed by atoms with E-state index >= 15 is 0 Å². The molecule has 2 aromatic rings. The number of nitrogens with one attached hydrogen (secondary N) is 1. The van der Waals surface area contributed by atoms with Gasteiger partial charge in [-0.25, -0.2) is 8.42 Å². The molecule has 0 bridgehead atoms. The van der Waals surface area contributed by atoms with Crippen LogP contribution in [-0.2, 0) is 26.2 Å². The molecule has 1 atom stereocenters. The Morgan fingerprint density at radius 3 is 2.35 bits per heavy atom. The maximum Gasteiger partial charge on any atom is 0.244 e. The lowest BCUT2D eigenvalue weighted by Gasteiger charge is -2.34. The van der Waals surface area contributed by atoms with E-state index in [2.05, 4.69) is 5.32 Å². The highest BCUT2D eigenvalue weighted by Crippen LogP contribution is 2.29. The van der Waals surface area contributed by atoms with Crippen LogP contribution in [0.15, 0.2) is 36.4 Å². The number of halogens is 3. The van der Waals surface area contributed by atoms with Crippen LogP contribution in [-0.4, -0.2) is 50.0 Å². The van der Waals surface area contributed by atoms with Crippen molar-refractivity contribution in [3.63, 3.8) is 0 Å². The summed E-state index contributed by atoms with van der Waals surface area (Å²) in [6.07, 6.45) is 5.26. The highest BCUT2D eigenvalue weighted by atomic mass is 35.5. The molecule has 0 saturated heterocycles. The molecule has 1 aliphatic rings. The number of rotatable bonds is 10. The molecule has 1 aliphatic carbocycles. The van der Waals surface area contributed by atoms with E-state index in [9.17, 15) is 18.0 Å². The highest BCUT2D eigenvalue weighted by Gasteiger charge is 2.33. The first kappa shape index (κ1) is 29.6. The first-order chi connectivity index (χ1) is 17.4. The van der Waals surface area contributed by atoms with E-state index < -0.39 is 28.5 Å². The minimum Gasteiger partial charge on any atom is -0.352 e. The average molecular weight is 589 g/mol. The summed E-state index contributed by atoms with van der Waals surface area (Å²) >= 11 is 18.7. The van der Waals surface area contributed by atoms with E-state index in [0.717, 1.165) is 36.2 Å². The second-order valence-electron chi connectivity index (χ2n) is 9.32. The molecule has 37 heavy (non-hydrogen) atoms. The van der Waals surface area contributed by atoms with Gasteiger partial charge in [0.1, 0.15) is 12.6 Å². The van der Waals surface area contributed by atoms with Crippen LogP contribution < -0.4 is 9.62 Å². The zero-order valence-corrected chi connectivity index (χ0v) is 24.2. The van der Waals surface area contributed by atoms with Crippen molar-refractivity contribution in [1.29, 1.82) is 0 Å². The molecule has 1 fully saturated rings. The Balaban J connectivity index is 1.98. The van der Waals surface area contributed by atoms with Crippen molar-refractivity contribution < 1.29 is 18.0 Å². The van der Waals surface area contributed by atoms with Gasteiger partial charge in [0, 0.05) is 27.7 Å². The fourth-order valence-corrected chi connectivity index (χ4v) is 6.12. The quantitative estimate of drug-likeness (QED) is 0.392. The van der Waals surface area contributed by atoms with Crippen LogP contribution in [0.25, 0.3) is 0 Å². The Bertz CT molecular complexity index is 1250. The van der Waals surface area contributed by atoms with Crippen LogP contribution >= 0.6 is 34.8 Å². The van der Waals surface area contributed by atoms with E-state index in [-0.39, 0.29) is 18.5 Å². The molecule has 2 aromatic carbocycles. The monoisotopic (exact) mass is 587 g/mol. The molecule has 0 spiro atoms. The standard InChI is InChI=1S/C26H32Cl3N3O4S/c1-4-23(26(34)30-20-8-5-6-9-20)31(15-18-12-13-19(27)14-22(18)29)25(33)16-32(37(3,35)36)24-11-7-10-21(28)17(24)2/h7,10-14,20,23H,4-6,8-9,15-16H2,1-3H3,(H,30,34). The van der Waals surface area contributed by atoms with Gasteiger partial charge >= 0.3 is 0 Å². The first-order valence-electron chi connectivity index (χ1n) is 12.2. The molecule has 1 unspecified atom stereocenters. The summed E-state index contributed by atoms with van der Waals surface area (Å²) < 4.78 is 26.6. The minimum absolute atomic E-state index is 0.0115. The number of carbonyl (C=O) groups is 2. The fraction of sp³-hybridized carbons (Fsp3) is 0.462. The molecule has 11 heteroatoms. The van der Waals surface area contributed by atoms with Crippen molar-refractivity contribution in [3.8, 4) is 0 Å². The Morgan fingerprint density at radius 2 is 1.76 bits per heavy atom. The lowest BCUT2D eigenvalue weighted by Crippen LogP contribution is -2.53. The summed E-state index contributed by atoms with van der Waals surface area (Å²) in [4.78, 5) is 28.6. The maximum atomic E-state index is 13.8. The molecule has 0 radical (unpaired) electrons. The molecule has 0 aliphatic heterocycles. The molecular weight excluding hydrogens is 557 g/mol. The molecule has 3 rings (SSSR count). The summed E-state index contributed by atoms with van der Waals surface area (Å²) in [6.45, 7) is 3.02. The fourth-order valence-electron chi connectivity index (χ4n) is 4.58. The second-order valence-corrected chi connectivity index (χ2v) is 12.5. The van der Waals surface area contributed by atoms with Gasteiger partial charge in [-0.1, -0.05) is 66.7 Å². The van der Waals surface area contributed by atoms with Crippen molar-refractivity contribution in [1.82, 2.24) is 10.2 Å². The summed E-state index contributed by atoms with van der Waals surface area (Å²) in [7, 11) is -3.86. The number of carbonyl (C=O) groups excluding carboxylic acids is 2. The molecule has 7 nitrogen and oxygen atoms in total. The average Bonchev–Trinajstić information content (AvgIpc) is 3.33. The highest BCUT2D eigenvalue weighted by molar-refractivity contribution is 7.92. The van der Waals surface area contributed by atoms with Crippen molar-refractivity contribution in [2.45, 2.75) is 64.6 Å². The van der Waals surface area contributed by atoms with E-state index in [1.165, 1.54) is 4.90 Å². The largest absolute Gasteiger partial charge is 0.352 e. The van der Waals surface area contributed by atoms with Crippen LogP contribution in [0, 0.1) is 6.92 Å². The van der Waals surface area contributed by atoms with Crippen molar-refractivity contribution in [2.75, 3.05) is 17.1 Å². The Hall–Kier alpha value is -2.00. The van der Waals surface area contributed by atoms with Gasteiger partial charge in [0.15, 0.2) is 0 Å². The maximum absolute atomic E-state index is 13.8. The van der Waals surface area contributed by atoms with Crippen molar-refractivity contribution >= 4 is 62.3 Å². The number of sulfonamides is 1. The third-order valence-electron chi connectivity index (χ3n) is 6.63. The molecule has 1 N–H and O–H groups in total. The number of benzene rings is 2. The smallest absolute Gasteiger partial charge is 0.244 e. The zero-order chi connectivity index (χ0) is 27.3. The molecule has 0 aromatic heterocycles. The van der Waals surface area contributed by atoms with E-state index in [1.807, 2.05) is 6.92 Å². The van der Waals surface area contributed by atoms with Gasteiger partial charge in [-0.15, -0.1) is 0 Å². The van der Waals surface area contributed by atoms with Crippen LogP contribution in [0.5, 0.6) is 0 Å². The van der Waals surface area contributed by atoms with Crippen LogP contribution in [0.2, 0.25) is 15.1 Å².